The normalized spacial score (nSPS) is 13.8. The Morgan fingerprint density at radius 3 is 0.965 bits per heavy atom. The molecule has 8 heteroatoms. The highest BCUT2D eigenvalue weighted by Gasteiger charge is 2.52. The van der Waals surface area contributed by atoms with Gasteiger partial charge in [-0.25, -0.2) is 0 Å². The second-order valence-electron chi connectivity index (χ2n) is 22.1. The Hall–Kier alpha value is -4.52. The first kappa shape index (κ1) is 59.4. The minimum absolute atomic E-state index is 0.107. The summed E-state index contributed by atoms with van der Waals surface area (Å²) < 4.78 is 9.63. The number of hydrogen-bond acceptors (Lipinski definition) is 0. The van der Waals surface area contributed by atoms with Crippen molar-refractivity contribution in [3.05, 3.63) is 355 Å². The molecule has 1 spiro atoms. The van der Waals surface area contributed by atoms with Gasteiger partial charge >= 0.3 is 0 Å². The standard InChI is InChI=1S/C25H14BrI.C25H16BrI.C15H12BrI.C12H8BrI/c26-15-9-11-19-20-12-10-16(27)14-24(20)25(23(19)13-15)21-7-3-1-5-17(21)18-6-2-4-8-22(18)25;26-19-11-13-21-22-14-12-20(27)16-24(22)25(23(21)15-19,17-7-3-1-4-8-17)18-9-5-2-6-10-18;1-15(2)13-7-9(16)3-5-11(13)12-6-4-10(17)8-14(12)15;13-11-5-1-9(2-6-11)10-3-7-12(14)8-4-10/h1-14H;1-16H;3-8H,1-2H3;1-8H. The molecule has 4 aliphatic carbocycles. The van der Waals surface area contributed by atoms with E-state index in [0.717, 1.165) is 17.9 Å². The summed E-state index contributed by atoms with van der Waals surface area (Å²) in [7, 11) is 0. The van der Waals surface area contributed by atoms with Gasteiger partial charge in [0.15, 0.2) is 0 Å². The van der Waals surface area contributed by atoms with Crippen molar-refractivity contribution in [2.45, 2.75) is 30.1 Å². The van der Waals surface area contributed by atoms with E-state index in [1.165, 1.54) is 126 Å². The van der Waals surface area contributed by atoms with Crippen molar-refractivity contribution < 1.29 is 0 Å². The van der Waals surface area contributed by atoms with Gasteiger partial charge in [-0.2, -0.15) is 0 Å². The molecule has 4 aliphatic rings. The molecule has 0 saturated carbocycles. The minimum Gasteiger partial charge on any atom is -0.0622 e. The molecule has 0 aromatic heterocycles. The number of benzene rings is 12. The topological polar surface area (TPSA) is 0 Å². The van der Waals surface area contributed by atoms with E-state index in [9.17, 15) is 0 Å². The molecular formula is C77H50Br4I4. The Kier molecular flexibility index (Phi) is 17.1. The zero-order valence-corrected chi connectivity index (χ0v) is 60.9. The Balaban J connectivity index is 0.000000109. The van der Waals surface area contributed by atoms with Crippen LogP contribution in [-0.4, -0.2) is 0 Å². The third-order valence-electron chi connectivity index (χ3n) is 17.1. The van der Waals surface area contributed by atoms with E-state index in [1.807, 2.05) is 0 Å². The van der Waals surface area contributed by atoms with Crippen molar-refractivity contribution in [2.24, 2.45) is 0 Å². The van der Waals surface area contributed by atoms with E-state index < -0.39 is 0 Å². The Morgan fingerprint density at radius 2 is 0.518 bits per heavy atom. The van der Waals surface area contributed by atoms with Crippen LogP contribution in [0, 0.1) is 14.3 Å². The van der Waals surface area contributed by atoms with Crippen LogP contribution in [0.15, 0.2) is 285 Å². The van der Waals surface area contributed by atoms with E-state index in [-0.39, 0.29) is 16.2 Å². The van der Waals surface area contributed by atoms with Gasteiger partial charge in [0.25, 0.3) is 0 Å². The lowest BCUT2D eigenvalue weighted by atomic mass is 9.68. The third-order valence-corrected chi connectivity index (χ3v) is 21.9. The van der Waals surface area contributed by atoms with E-state index in [0.29, 0.717) is 0 Å². The monoisotopic (exact) mass is 1800 g/mol. The van der Waals surface area contributed by atoms with Crippen molar-refractivity contribution in [2.75, 3.05) is 0 Å². The first-order valence-corrected chi connectivity index (χ1v) is 35.3. The fourth-order valence-corrected chi connectivity index (χ4v) is 16.7. The SMILES string of the molecule is Brc1ccc(-c2ccc(I)cc2)cc1.Brc1ccc2c(c1)C(c1ccccc1)(c1ccccc1)c1cc(I)ccc1-2.Brc1ccc2c(c1)C1(c3ccccc3-c3ccccc31)c1cc(I)ccc1-2.CC1(C)c2cc(Br)ccc2-c2ccc(I)cc21. The molecule has 0 N–H and O–H groups in total. The molecule has 0 bridgehead atoms. The quantitative estimate of drug-likeness (QED) is 0.155. The maximum atomic E-state index is 3.73. The zero-order chi connectivity index (χ0) is 58.8. The maximum absolute atomic E-state index is 3.73. The van der Waals surface area contributed by atoms with Crippen molar-refractivity contribution in [1.82, 2.24) is 0 Å². The summed E-state index contributed by atoms with van der Waals surface area (Å²) in [5.41, 5.74) is 26.6. The average molecular weight is 1800 g/mol. The van der Waals surface area contributed by atoms with Gasteiger partial charge in [0.05, 0.1) is 10.8 Å². The lowest BCUT2D eigenvalue weighted by Gasteiger charge is -2.34. The summed E-state index contributed by atoms with van der Waals surface area (Å²) in [5.74, 6) is 0. The van der Waals surface area contributed by atoms with E-state index >= 15 is 0 Å². The van der Waals surface area contributed by atoms with Crippen molar-refractivity contribution in [1.29, 1.82) is 0 Å². The molecule has 0 radical (unpaired) electrons. The fourth-order valence-electron chi connectivity index (χ4n) is 13.5. The van der Waals surface area contributed by atoms with E-state index in [2.05, 4.69) is 435 Å². The fraction of sp³-hybridized carbons (Fsp3) is 0.0649. The molecule has 12 aromatic rings. The zero-order valence-electron chi connectivity index (χ0n) is 45.9. The van der Waals surface area contributed by atoms with Crippen LogP contribution in [0.1, 0.15) is 69.5 Å². The van der Waals surface area contributed by atoms with Gasteiger partial charge in [-0.05, 0) is 299 Å². The van der Waals surface area contributed by atoms with Crippen molar-refractivity contribution >= 4 is 154 Å². The summed E-state index contributed by atoms with van der Waals surface area (Å²) in [6.07, 6.45) is 0. The summed E-state index contributed by atoms with van der Waals surface area (Å²) >= 11 is 24.0. The average Bonchev–Trinajstić information content (AvgIpc) is 1.55. The molecule has 0 amide bonds. The first-order chi connectivity index (χ1) is 41.2. The molecule has 0 saturated heterocycles. The molecule has 0 unspecified atom stereocenters. The summed E-state index contributed by atoms with van der Waals surface area (Å²) in [4.78, 5) is 0. The Morgan fingerprint density at radius 1 is 0.235 bits per heavy atom. The van der Waals surface area contributed by atoms with Gasteiger partial charge < -0.3 is 0 Å². The molecule has 0 fully saturated rings. The molecule has 16 rings (SSSR count). The summed E-state index contributed by atoms with van der Waals surface area (Å²) in [6, 6.07) is 97.0. The first-order valence-electron chi connectivity index (χ1n) is 27.8. The molecule has 0 nitrogen and oxygen atoms in total. The lowest BCUT2D eigenvalue weighted by molar-refractivity contribution is 0.659. The van der Waals surface area contributed by atoms with Crippen molar-refractivity contribution in [3.8, 4) is 55.6 Å². The van der Waals surface area contributed by atoms with Gasteiger partial charge in [-0.3, -0.25) is 0 Å². The van der Waals surface area contributed by atoms with Crippen LogP contribution in [0.4, 0.5) is 0 Å². The predicted octanol–water partition coefficient (Wildman–Crippen LogP) is 24.9. The number of fused-ring (bicyclic) bond motifs is 16. The van der Waals surface area contributed by atoms with Crippen LogP contribution in [0.2, 0.25) is 0 Å². The number of hydrogen-bond donors (Lipinski definition) is 0. The van der Waals surface area contributed by atoms with E-state index in [4.69, 9.17) is 0 Å². The molecule has 0 heterocycles. The van der Waals surface area contributed by atoms with Crippen molar-refractivity contribution in [3.63, 3.8) is 0 Å². The molecule has 414 valence electrons. The molecule has 0 aliphatic heterocycles. The predicted molar refractivity (Wildman–Crippen MR) is 404 cm³/mol. The Labute approximate surface area is 586 Å². The highest BCUT2D eigenvalue weighted by atomic mass is 127. The second kappa shape index (κ2) is 24.5. The molecule has 0 atom stereocenters. The van der Waals surface area contributed by atoms with Gasteiger partial charge in [-0.1, -0.05) is 247 Å². The Bertz CT molecular complexity index is 4150. The van der Waals surface area contributed by atoms with Gasteiger partial charge in [0.1, 0.15) is 0 Å². The smallest absolute Gasteiger partial charge is 0.0622 e. The van der Waals surface area contributed by atoms with Crippen LogP contribution in [0.25, 0.3) is 55.6 Å². The summed E-state index contributed by atoms with van der Waals surface area (Å²) in [6.45, 7) is 4.61. The lowest BCUT2D eigenvalue weighted by Crippen LogP contribution is -2.28. The second-order valence-corrected chi connectivity index (χ2v) is 30.7. The van der Waals surface area contributed by atoms with E-state index in [1.54, 1.807) is 0 Å². The summed E-state index contributed by atoms with van der Waals surface area (Å²) in [5, 5.41) is 0. The van der Waals surface area contributed by atoms with Gasteiger partial charge in [0.2, 0.25) is 0 Å². The minimum atomic E-state index is -0.307. The van der Waals surface area contributed by atoms with Crippen LogP contribution >= 0.6 is 154 Å². The number of halogens is 8. The third kappa shape index (κ3) is 10.7. The van der Waals surface area contributed by atoms with Gasteiger partial charge in [0, 0.05) is 37.6 Å². The molecule has 12 aromatic carbocycles. The van der Waals surface area contributed by atoms with Crippen LogP contribution in [0.3, 0.4) is 0 Å². The van der Waals surface area contributed by atoms with Crippen LogP contribution in [0.5, 0.6) is 0 Å². The highest BCUT2D eigenvalue weighted by Crippen LogP contribution is 2.63. The van der Waals surface area contributed by atoms with Crippen LogP contribution < -0.4 is 0 Å². The largest absolute Gasteiger partial charge is 0.0726 e. The van der Waals surface area contributed by atoms with Gasteiger partial charge in [-0.15, -0.1) is 0 Å². The maximum Gasteiger partial charge on any atom is 0.0726 e. The van der Waals surface area contributed by atoms with Crippen LogP contribution in [-0.2, 0) is 16.2 Å². The number of rotatable bonds is 3. The molecular weight excluding hydrogens is 1750 g/mol. The molecule has 85 heavy (non-hydrogen) atoms. The highest BCUT2D eigenvalue weighted by molar-refractivity contribution is 14.1.